The Balaban J connectivity index is 2.85. The van der Waals surface area contributed by atoms with Crippen molar-refractivity contribution in [2.75, 3.05) is 20.3 Å². The highest BCUT2D eigenvalue weighted by Gasteiger charge is 2.12. The monoisotopic (exact) mass is 309 g/mol. The highest BCUT2D eigenvalue weighted by atomic mass is 35.5. The van der Waals surface area contributed by atoms with E-state index in [9.17, 15) is 0 Å². The van der Waals surface area contributed by atoms with Crippen LogP contribution in [0.4, 0.5) is 0 Å². The fourth-order valence-electron chi connectivity index (χ4n) is 1.89. The van der Waals surface area contributed by atoms with Gasteiger partial charge in [0.25, 0.3) is 0 Å². The van der Waals surface area contributed by atoms with E-state index in [-0.39, 0.29) is 0 Å². The van der Waals surface area contributed by atoms with Gasteiger partial charge >= 0.3 is 0 Å². The summed E-state index contributed by atoms with van der Waals surface area (Å²) in [6.07, 6.45) is 0.696. The lowest BCUT2D eigenvalue weighted by atomic mass is 10.1. The summed E-state index contributed by atoms with van der Waals surface area (Å²) < 4.78 is 11.2. The molecule has 0 amide bonds. The van der Waals surface area contributed by atoms with Crippen molar-refractivity contribution in [3.05, 3.63) is 22.7 Å². The summed E-state index contributed by atoms with van der Waals surface area (Å²) in [5, 5.41) is 4.05. The fraction of sp³-hybridized carbons (Fsp3) is 0.529. The molecule has 0 saturated carbocycles. The van der Waals surface area contributed by atoms with Gasteiger partial charge < -0.3 is 14.8 Å². The van der Waals surface area contributed by atoms with Crippen LogP contribution in [-0.4, -0.2) is 20.3 Å². The molecule has 0 saturated heterocycles. The average molecular weight is 310 g/mol. The molecule has 116 valence electrons. The van der Waals surface area contributed by atoms with Crippen molar-refractivity contribution in [3.8, 4) is 23.3 Å². The maximum atomic E-state index is 6.14. The predicted molar refractivity (Wildman–Crippen MR) is 88.1 cm³/mol. The first-order valence-electron chi connectivity index (χ1n) is 7.18. The first-order valence-corrected chi connectivity index (χ1v) is 7.55. The van der Waals surface area contributed by atoms with Gasteiger partial charge in [-0.3, -0.25) is 0 Å². The lowest BCUT2D eigenvalue weighted by Gasteiger charge is -2.16. The summed E-state index contributed by atoms with van der Waals surface area (Å²) in [5.74, 6) is 7.85. The molecule has 3 nitrogen and oxygen atoms in total. The quantitative estimate of drug-likeness (QED) is 0.584. The van der Waals surface area contributed by atoms with Gasteiger partial charge in [0.15, 0.2) is 11.5 Å². The molecule has 0 aliphatic carbocycles. The van der Waals surface area contributed by atoms with Crippen molar-refractivity contribution in [2.45, 2.75) is 33.7 Å². The molecule has 1 N–H and O–H groups in total. The summed E-state index contributed by atoms with van der Waals surface area (Å²) in [7, 11) is 1.62. The third-order valence-electron chi connectivity index (χ3n) is 2.83. The van der Waals surface area contributed by atoms with Gasteiger partial charge in [-0.2, -0.15) is 0 Å². The zero-order valence-electron chi connectivity index (χ0n) is 13.3. The Kier molecular flexibility index (Phi) is 8.04. The predicted octanol–water partition coefficient (Wildman–Crippen LogP) is 3.89. The number of hydrogen-bond acceptors (Lipinski definition) is 3. The maximum absolute atomic E-state index is 6.14. The van der Waals surface area contributed by atoms with Gasteiger partial charge in [0, 0.05) is 29.6 Å². The standard InChI is InChI=1S/C17H24ClNO2/c1-5-6-7-8-21-17-14(12-19-11-13(2)3)9-15(18)10-16(17)20-4/h9-10,13,19H,7-8,11-12H2,1-4H3. The minimum Gasteiger partial charge on any atom is -0.493 e. The Bertz CT molecular complexity index is 503. The summed E-state index contributed by atoms with van der Waals surface area (Å²) >= 11 is 6.14. The topological polar surface area (TPSA) is 30.5 Å². The molecule has 0 fully saturated rings. The molecule has 1 aromatic carbocycles. The Labute approximate surface area is 133 Å². The molecule has 1 rings (SSSR count). The largest absolute Gasteiger partial charge is 0.493 e. The second-order valence-electron chi connectivity index (χ2n) is 5.15. The molecular formula is C17H24ClNO2. The van der Waals surface area contributed by atoms with Crippen LogP contribution in [0.1, 0.15) is 32.8 Å². The number of rotatable bonds is 8. The minimum absolute atomic E-state index is 0.538. The van der Waals surface area contributed by atoms with Crippen molar-refractivity contribution < 1.29 is 9.47 Å². The Morgan fingerprint density at radius 3 is 2.71 bits per heavy atom. The third kappa shape index (κ3) is 6.29. The third-order valence-corrected chi connectivity index (χ3v) is 3.05. The second kappa shape index (κ2) is 9.55. The maximum Gasteiger partial charge on any atom is 0.165 e. The number of nitrogens with one attached hydrogen (secondary N) is 1. The number of benzene rings is 1. The summed E-state index contributed by atoms with van der Waals surface area (Å²) in [5.41, 5.74) is 1.00. The van der Waals surface area contributed by atoms with Crippen LogP contribution in [0, 0.1) is 17.8 Å². The molecule has 0 aliphatic rings. The van der Waals surface area contributed by atoms with E-state index in [2.05, 4.69) is 31.0 Å². The number of halogens is 1. The van der Waals surface area contributed by atoms with Crippen LogP contribution in [0.2, 0.25) is 5.02 Å². The van der Waals surface area contributed by atoms with E-state index in [1.807, 2.05) is 13.0 Å². The second-order valence-corrected chi connectivity index (χ2v) is 5.58. The fourth-order valence-corrected chi connectivity index (χ4v) is 2.12. The van der Waals surface area contributed by atoms with Crippen LogP contribution in [-0.2, 0) is 6.54 Å². The van der Waals surface area contributed by atoms with E-state index in [1.165, 1.54) is 0 Å². The Hall–Kier alpha value is -1.37. The molecule has 21 heavy (non-hydrogen) atoms. The Morgan fingerprint density at radius 1 is 1.33 bits per heavy atom. The molecule has 0 aromatic heterocycles. The molecular weight excluding hydrogens is 286 g/mol. The minimum atomic E-state index is 0.538. The van der Waals surface area contributed by atoms with Gasteiger partial charge in [0.1, 0.15) is 0 Å². The summed E-state index contributed by atoms with van der Waals surface area (Å²) in [6.45, 7) is 8.35. The van der Waals surface area contributed by atoms with Gasteiger partial charge in [0.05, 0.1) is 13.7 Å². The summed E-state index contributed by atoms with van der Waals surface area (Å²) in [6, 6.07) is 3.69. The van der Waals surface area contributed by atoms with Gasteiger partial charge in [-0.05, 0) is 25.5 Å². The van der Waals surface area contributed by atoms with E-state index >= 15 is 0 Å². The van der Waals surface area contributed by atoms with Crippen LogP contribution in [0.3, 0.4) is 0 Å². The molecule has 0 bridgehead atoms. The van der Waals surface area contributed by atoms with Crippen LogP contribution in [0.5, 0.6) is 11.5 Å². The normalized spacial score (nSPS) is 10.2. The van der Waals surface area contributed by atoms with E-state index < -0.39 is 0 Å². The van der Waals surface area contributed by atoms with Gasteiger partial charge in [0.2, 0.25) is 0 Å². The lowest BCUT2D eigenvalue weighted by Crippen LogP contribution is -2.19. The zero-order valence-corrected chi connectivity index (χ0v) is 14.0. The molecule has 0 spiro atoms. The zero-order chi connectivity index (χ0) is 15.7. The van der Waals surface area contributed by atoms with E-state index in [4.69, 9.17) is 21.1 Å². The molecule has 0 radical (unpaired) electrons. The van der Waals surface area contributed by atoms with E-state index in [0.29, 0.717) is 36.3 Å². The summed E-state index contributed by atoms with van der Waals surface area (Å²) in [4.78, 5) is 0. The number of hydrogen-bond donors (Lipinski definition) is 1. The van der Waals surface area contributed by atoms with Crippen LogP contribution < -0.4 is 14.8 Å². The first-order chi connectivity index (χ1) is 10.1. The van der Waals surface area contributed by atoms with E-state index in [1.54, 1.807) is 13.2 Å². The Morgan fingerprint density at radius 2 is 2.10 bits per heavy atom. The molecule has 4 heteroatoms. The number of methoxy groups -OCH3 is 1. The molecule has 0 atom stereocenters. The SMILES string of the molecule is CC#CCCOc1c(CNCC(C)C)cc(Cl)cc1OC. The molecule has 0 unspecified atom stereocenters. The van der Waals surface area contributed by atoms with Crippen LogP contribution in [0.15, 0.2) is 12.1 Å². The van der Waals surface area contributed by atoms with Crippen molar-refractivity contribution in [2.24, 2.45) is 5.92 Å². The smallest absolute Gasteiger partial charge is 0.165 e. The lowest BCUT2D eigenvalue weighted by molar-refractivity contribution is 0.297. The van der Waals surface area contributed by atoms with Crippen molar-refractivity contribution in [3.63, 3.8) is 0 Å². The molecule has 1 aromatic rings. The first kappa shape index (κ1) is 17.7. The van der Waals surface area contributed by atoms with Crippen LogP contribution in [0.25, 0.3) is 0 Å². The molecule has 0 heterocycles. The highest BCUT2D eigenvalue weighted by molar-refractivity contribution is 6.30. The van der Waals surface area contributed by atoms with Crippen molar-refractivity contribution >= 4 is 11.6 Å². The highest BCUT2D eigenvalue weighted by Crippen LogP contribution is 2.34. The van der Waals surface area contributed by atoms with Crippen molar-refractivity contribution in [1.29, 1.82) is 0 Å². The van der Waals surface area contributed by atoms with Gasteiger partial charge in [-0.15, -0.1) is 11.8 Å². The van der Waals surface area contributed by atoms with Gasteiger partial charge in [-0.25, -0.2) is 0 Å². The van der Waals surface area contributed by atoms with E-state index in [0.717, 1.165) is 17.9 Å². The average Bonchev–Trinajstić information content (AvgIpc) is 2.44. The van der Waals surface area contributed by atoms with Crippen LogP contribution >= 0.6 is 11.6 Å². The van der Waals surface area contributed by atoms with Gasteiger partial charge in [-0.1, -0.05) is 25.4 Å². The molecule has 0 aliphatic heterocycles. The number of ether oxygens (including phenoxy) is 2. The van der Waals surface area contributed by atoms with Crippen molar-refractivity contribution in [1.82, 2.24) is 5.32 Å².